The lowest BCUT2D eigenvalue weighted by atomic mass is 10.2. The van der Waals surface area contributed by atoms with Crippen molar-refractivity contribution in [2.45, 2.75) is 25.2 Å². The summed E-state index contributed by atoms with van der Waals surface area (Å²) in [6.45, 7) is -2.92. The minimum atomic E-state index is -2.92. The van der Waals surface area contributed by atoms with E-state index in [0.29, 0.717) is 5.69 Å². The zero-order valence-corrected chi connectivity index (χ0v) is 12.4. The third kappa shape index (κ3) is 3.43. The molecular formula is C14H15F2N5O3. The Labute approximate surface area is 135 Å². The molecule has 1 unspecified atom stereocenters. The maximum Gasteiger partial charge on any atom is 0.387 e. The second-order valence-electron chi connectivity index (χ2n) is 5.52. The fraction of sp³-hybridized carbons (Fsp3) is 0.357. The van der Waals surface area contributed by atoms with E-state index >= 15 is 0 Å². The minimum absolute atomic E-state index is 0.00989. The number of halogens is 2. The van der Waals surface area contributed by atoms with E-state index in [-0.39, 0.29) is 23.2 Å². The van der Waals surface area contributed by atoms with Crippen molar-refractivity contribution in [3.63, 3.8) is 0 Å². The lowest BCUT2D eigenvalue weighted by Gasteiger charge is -2.29. The minimum Gasteiger partial charge on any atom is -0.435 e. The largest absolute Gasteiger partial charge is 0.435 e. The second-order valence-corrected chi connectivity index (χ2v) is 5.52. The van der Waals surface area contributed by atoms with Gasteiger partial charge in [0, 0.05) is 11.6 Å². The summed E-state index contributed by atoms with van der Waals surface area (Å²) in [4.78, 5) is 14.8. The van der Waals surface area contributed by atoms with Crippen LogP contribution in [0.3, 0.4) is 0 Å². The maximum atomic E-state index is 12.1. The SMILES string of the molecule is NC1(C2CC2)N=C(Nc2ccc(OC(F)F)cc2)C([N+](=O)[O-])=CN1. The molecule has 8 nitrogen and oxygen atoms in total. The number of nitro groups is 1. The van der Waals surface area contributed by atoms with Crippen LogP contribution in [0.4, 0.5) is 14.5 Å². The van der Waals surface area contributed by atoms with Crippen LogP contribution in [0.5, 0.6) is 5.75 Å². The van der Waals surface area contributed by atoms with E-state index in [4.69, 9.17) is 5.73 Å². The number of hydrogen-bond donors (Lipinski definition) is 3. The fourth-order valence-electron chi connectivity index (χ4n) is 2.35. The van der Waals surface area contributed by atoms with Crippen molar-refractivity contribution in [1.82, 2.24) is 5.32 Å². The van der Waals surface area contributed by atoms with E-state index in [9.17, 15) is 18.9 Å². The number of amidine groups is 1. The van der Waals surface area contributed by atoms with Crippen LogP contribution < -0.4 is 21.1 Å². The van der Waals surface area contributed by atoms with Gasteiger partial charge in [0.25, 0.3) is 0 Å². The summed E-state index contributed by atoms with van der Waals surface area (Å²) >= 11 is 0. The molecule has 0 amide bonds. The van der Waals surface area contributed by atoms with Crippen molar-refractivity contribution < 1.29 is 18.4 Å². The first kappa shape index (κ1) is 16.1. The molecule has 1 aliphatic carbocycles. The molecular weight excluding hydrogens is 324 g/mol. The van der Waals surface area contributed by atoms with Gasteiger partial charge in [-0.25, -0.2) is 4.99 Å². The number of ether oxygens (including phenoxy) is 1. The molecule has 2 aliphatic rings. The van der Waals surface area contributed by atoms with Gasteiger partial charge in [0.1, 0.15) is 5.75 Å². The summed E-state index contributed by atoms with van der Waals surface area (Å²) in [6, 6.07) is 5.55. The zero-order chi connectivity index (χ0) is 17.3. The molecule has 0 radical (unpaired) electrons. The molecule has 1 aliphatic heterocycles. The lowest BCUT2D eigenvalue weighted by Crippen LogP contribution is -2.55. The number of nitrogens with zero attached hydrogens (tertiary/aromatic N) is 2. The van der Waals surface area contributed by atoms with Crippen molar-refractivity contribution in [1.29, 1.82) is 0 Å². The van der Waals surface area contributed by atoms with Crippen LogP contribution in [-0.4, -0.2) is 23.2 Å². The Balaban J connectivity index is 1.80. The van der Waals surface area contributed by atoms with E-state index in [0.717, 1.165) is 12.8 Å². The van der Waals surface area contributed by atoms with Crippen LogP contribution in [0.1, 0.15) is 12.8 Å². The highest BCUT2D eigenvalue weighted by atomic mass is 19.3. The summed E-state index contributed by atoms with van der Waals surface area (Å²) in [7, 11) is 0. The van der Waals surface area contributed by atoms with E-state index in [1.807, 2.05) is 0 Å². The predicted molar refractivity (Wildman–Crippen MR) is 82.0 cm³/mol. The average Bonchev–Trinajstić information content (AvgIpc) is 3.34. The Hall–Kier alpha value is -2.75. The smallest absolute Gasteiger partial charge is 0.387 e. The molecule has 1 aromatic carbocycles. The van der Waals surface area contributed by atoms with Gasteiger partial charge in [0.15, 0.2) is 5.79 Å². The molecule has 1 heterocycles. The van der Waals surface area contributed by atoms with Gasteiger partial charge >= 0.3 is 12.3 Å². The molecule has 0 saturated heterocycles. The third-order valence-electron chi connectivity index (χ3n) is 3.72. The van der Waals surface area contributed by atoms with E-state index in [1.165, 1.54) is 30.5 Å². The number of benzene rings is 1. The van der Waals surface area contributed by atoms with E-state index in [1.54, 1.807) is 0 Å². The Morgan fingerprint density at radius 3 is 2.62 bits per heavy atom. The molecule has 4 N–H and O–H groups in total. The van der Waals surface area contributed by atoms with E-state index in [2.05, 4.69) is 20.4 Å². The molecule has 0 spiro atoms. The quantitative estimate of drug-likeness (QED) is 0.557. The normalized spacial score (nSPS) is 23.2. The fourth-order valence-corrected chi connectivity index (χ4v) is 2.35. The monoisotopic (exact) mass is 339 g/mol. The summed E-state index contributed by atoms with van der Waals surface area (Å²) in [5.41, 5.74) is 6.31. The molecule has 1 aromatic rings. The van der Waals surface area contributed by atoms with Crippen molar-refractivity contribution in [3.8, 4) is 5.75 Å². The summed E-state index contributed by atoms with van der Waals surface area (Å²) in [5.74, 6) is -0.976. The highest BCUT2D eigenvalue weighted by Crippen LogP contribution is 2.39. The van der Waals surface area contributed by atoms with Gasteiger partial charge in [0.05, 0.1) is 11.1 Å². The van der Waals surface area contributed by atoms with Gasteiger partial charge in [-0.2, -0.15) is 8.78 Å². The van der Waals surface area contributed by atoms with Crippen LogP contribution in [0.2, 0.25) is 0 Å². The summed E-state index contributed by atoms with van der Waals surface area (Å²) in [6.07, 6.45) is 3.01. The number of aliphatic imine (C=N–C) groups is 1. The number of rotatable bonds is 5. The Kier molecular flexibility index (Phi) is 4.06. The van der Waals surface area contributed by atoms with Gasteiger partial charge in [-0.1, -0.05) is 0 Å². The first-order chi connectivity index (χ1) is 11.4. The summed E-state index contributed by atoms with van der Waals surface area (Å²) < 4.78 is 28.5. The van der Waals surface area contributed by atoms with Crippen molar-refractivity contribution in [2.75, 3.05) is 5.32 Å². The predicted octanol–water partition coefficient (Wildman–Crippen LogP) is 1.84. The van der Waals surface area contributed by atoms with Crippen LogP contribution in [-0.2, 0) is 0 Å². The number of nitrogens with one attached hydrogen (secondary N) is 2. The molecule has 24 heavy (non-hydrogen) atoms. The van der Waals surface area contributed by atoms with Crippen LogP contribution in [0, 0.1) is 16.0 Å². The molecule has 10 heteroatoms. The molecule has 0 bridgehead atoms. The van der Waals surface area contributed by atoms with Gasteiger partial charge in [0.2, 0.25) is 5.84 Å². The average molecular weight is 339 g/mol. The van der Waals surface area contributed by atoms with Gasteiger partial charge in [-0.15, -0.1) is 0 Å². The van der Waals surface area contributed by atoms with Gasteiger partial charge in [-0.3, -0.25) is 15.8 Å². The molecule has 1 fully saturated rings. The second kappa shape index (κ2) is 6.04. The maximum absolute atomic E-state index is 12.1. The Bertz CT molecular complexity index is 703. The van der Waals surface area contributed by atoms with Gasteiger partial charge < -0.3 is 15.4 Å². The number of hydrogen-bond acceptors (Lipinski definition) is 7. The van der Waals surface area contributed by atoms with Crippen molar-refractivity contribution >= 4 is 11.5 Å². The molecule has 3 rings (SSSR count). The van der Waals surface area contributed by atoms with E-state index < -0.39 is 17.3 Å². The third-order valence-corrected chi connectivity index (χ3v) is 3.72. The summed E-state index contributed by atoms with van der Waals surface area (Å²) in [5, 5.41) is 16.7. The number of nitrogens with two attached hydrogens (primary N) is 1. The molecule has 128 valence electrons. The van der Waals surface area contributed by atoms with Crippen LogP contribution >= 0.6 is 0 Å². The van der Waals surface area contributed by atoms with Crippen molar-refractivity contribution in [2.24, 2.45) is 16.6 Å². The highest BCUT2D eigenvalue weighted by molar-refractivity contribution is 6.06. The number of alkyl halides is 2. The Morgan fingerprint density at radius 2 is 2.08 bits per heavy atom. The molecule has 1 saturated carbocycles. The Morgan fingerprint density at radius 1 is 1.42 bits per heavy atom. The van der Waals surface area contributed by atoms with Crippen LogP contribution in [0.15, 0.2) is 41.2 Å². The number of anilines is 1. The molecule has 1 atom stereocenters. The highest BCUT2D eigenvalue weighted by Gasteiger charge is 2.45. The zero-order valence-electron chi connectivity index (χ0n) is 12.4. The lowest BCUT2D eigenvalue weighted by molar-refractivity contribution is -0.416. The van der Waals surface area contributed by atoms with Crippen molar-refractivity contribution in [3.05, 3.63) is 46.3 Å². The van der Waals surface area contributed by atoms with Crippen LogP contribution in [0.25, 0.3) is 0 Å². The first-order valence-corrected chi connectivity index (χ1v) is 7.20. The first-order valence-electron chi connectivity index (χ1n) is 7.20. The standard InChI is InChI=1S/C14H15F2N5O3/c15-13(16)24-10-5-3-9(4-6-10)19-12-11(21(22)23)7-18-14(17,20-12)8-1-2-8/h3-8,13,18H,1-2,17H2,(H,19,20). The van der Waals surface area contributed by atoms with Gasteiger partial charge in [-0.05, 0) is 37.1 Å². The molecule has 0 aromatic heterocycles. The topological polar surface area (TPSA) is 115 Å².